The quantitative estimate of drug-likeness (QED) is 0.318. The van der Waals surface area contributed by atoms with Gasteiger partial charge in [0.15, 0.2) is 0 Å². The lowest BCUT2D eigenvalue weighted by molar-refractivity contribution is -0.140. The van der Waals surface area contributed by atoms with Gasteiger partial charge in [0.2, 0.25) is 11.8 Å². The number of rotatable bonds is 9. The Bertz CT molecular complexity index is 1490. The second-order valence-corrected chi connectivity index (χ2v) is 13.5. The first-order valence-electron chi connectivity index (χ1n) is 12.8. The summed E-state index contributed by atoms with van der Waals surface area (Å²) < 4.78 is 29.0. The van der Waals surface area contributed by atoms with Crippen molar-refractivity contribution in [3.8, 4) is 0 Å². The standard InChI is InChI=1S/C30H35Cl2N3O4S/c1-20-11-14-24(15-12-20)40(38,39)35(27-10-8-7-9-21(27)2)19-28(36)34(22(3)29(37)33-30(4,5)6)18-23-13-16-25(31)26(32)17-23/h7-17,22H,18-19H2,1-6H3,(H,33,37). The molecule has 1 unspecified atom stereocenters. The van der Waals surface area contributed by atoms with E-state index in [1.807, 2.05) is 27.7 Å². The average Bonchev–Trinajstić information content (AvgIpc) is 2.87. The van der Waals surface area contributed by atoms with E-state index >= 15 is 0 Å². The minimum Gasteiger partial charge on any atom is -0.350 e. The zero-order valence-corrected chi connectivity index (χ0v) is 25.9. The zero-order valence-electron chi connectivity index (χ0n) is 23.5. The van der Waals surface area contributed by atoms with Gasteiger partial charge in [-0.3, -0.25) is 13.9 Å². The number of halogens is 2. The molecule has 0 aromatic heterocycles. The predicted octanol–water partition coefficient (Wildman–Crippen LogP) is 6.14. The number of sulfonamides is 1. The van der Waals surface area contributed by atoms with Crippen LogP contribution in [0.5, 0.6) is 0 Å². The Kier molecular flexibility index (Phi) is 9.93. The largest absolute Gasteiger partial charge is 0.350 e. The van der Waals surface area contributed by atoms with Gasteiger partial charge in [-0.1, -0.05) is 65.2 Å². The van der Waals surface area contributed by atoms with Crippen LogP contribution in [-0.2, 0) is 26.2 Å². The first-order valence-corrected chi connectivity index (χ1v) is 15.0. The van der Waals surface area contributed by atoms with Crippen LogP contribution in [0.2, 0.25) is 10.0 Å². The van der Waals surface area contributed by atoms with Crippen LogP contribution in [0.15, 0.2) is 71.6 Å². The molecule has 3 rings (SSSR count). The minimum absolute atomic E-state index is 0.0145. The molecule has 214 valence electrons. The van der Waals surface area contributed by atoms with E-state index in [4.69, 9.17) is 23.2 Å². The summed E-state index contributed by atoms with van der Waals surface area (Å²) in [6.07, 6.45) is 0. The SMILES string of the molecule is Cc1ccc(S(=O)(=O)N(CC(=O)N(Cc2ccc(Cl)c(Cl)c2)C(C)C(=O)NC(C)(C)C)c2ccccc2C)cc1. The number of nitrogens with zero attached hydrogens (tertiary/aromatic N) is 2. The molecule has 0 spiro atoms. The highest BCUT2D eigenvalue weighted by molar-refractivity contribution is 7.92. The van der Waals surface area contributed by atoms with Gasteiger partial charge in [-0.05, 0) is 83.0 Å². The summed E-state index contributed by atoms with van der Waals surface area (Å²) >= 11 is 12.3. The van der Waals surface area contributed by atoms with Crippen molar-refractivity contribution < 1.29 is 18.0 Å². The van der Waals surface area contributed by atoms with Crippen LogP contribution in [0.4, 0.5) is 5.69 Å². The second-order valence-electron chi connectivity index (χ2n) is 10.8. The first-order chi connectivity index (χ1) is 18.6. The molecule has 1 N–H and O–H groups in total. The molecule has 0 radical (unpaired) electrons. The molecule has 0 saturated heterocycles. The molecule has 1 atom stereocenters. The van der Waals surface area contributed by atoms with E-state index < -0.39 is 34.1 Å². The molecule has 3 aromatic rings. The van der Waals surface area contributed by atoms with E-state index in [0.717, 1.165) is 9.87 Å². The van der Waals surface area contributed by atoms with Crippen LogP contribution < -0.4 is 9.62 Å². The fraction of sp³-hybridized carbons (Fsp3) is 0.333. The molecule has 0 fully saturated rings. The number of hydrogen-bond donors (Lipinski definition) is 1. The molecular weight excluding hydrogens is 569 g/mol. The minimum atomic E-state index is -4.14. The molecular formula is C30H35Cl2N3O4S. The van der Waals surface area contributed by atoms with Crippen molar-refractivity contribution in [3.63, 3.8) is 0 Å². The molecule has 10 heteroatoms. The van der Waals surface area contributed by atoms with Gasteiger partial charge >= 0.3 is 0 Å². The van der Waals surface area contributed by atoms with Gasteiger partial charge < -0.3 is 10.2 Å². The molecule has 0 aliphatic rings. The van der Waals surface area contributed by atoms with Gasteiger partial charge in [-0.15, -0.1) is 0 Å². The number of amides is 2. The van der Waals surface area contributed by atoms with Crippen molar-refractivity contribution >= 4 is 50.7 Å². The highest BCUT2D eigenvalue weighted by Crippen LogP contribution is 2.28. The number of carbonyl (C=O) groups is 2. The Morgan fingerprint density at radius 2 is 1.55 bits per heavy atom. The third-order valence-electron chi connectivity index (χ3n) is 6.27. The van der Waals surface area contributed by atoms with Gasteiger partial charge in [0.1, 0.15) is 12.6 Å². The summed E-state index contributed by atoms with van der Waals surface area (Å²) in [6.45, 7) is 10.3. The smallest absolute Gasteiger partial charge is 0.264 e. The molecule has 0 saturated carbocycles. The summed E-state index contributed by atoms with van der Waals surface area (Å²) in [5, 5.41) is 3.57. The summed E-state index contributed by atoms with van der Waals surface area (Å²) in [6, 6.07) is 17.5. The molecule has 40 heavy (non-hydrogen) atoms. The summed E-state index contributed by atoms with van der Waals surface area (Å²) in [5.41, 5.74) is 2.07. The second kappa shape index (κ2) is 12.6. The lowest BCUT2D eigenvalue weighted by Gasteiger charge is -2.34. The molecule has 7 nitrogen and oxygen atoms in total. The van der Waals surface area contributed by atoms with E-state index in [0.29, 0.717) is 26.9 Å². The van der Waals surface area contributed by atoms with Crippen LogP contribution in [0.25, 0.3) is 0 Å². The van der Waals surface area contributed by atoms with Crippen molar-refractivity contribution in [2.24, 2.45) is 0 Å². The summed E-state index contributed by atoms with van der Waals surface area (Å²) in [7, 11) is -4.14. The number of aryl methyl sites for hydroxylation is 2. The molecule has 3 aromatic carbocycles. The van der Waals surface area contributed by atoms with Crippen LogP contribution in [-0.4, -0.2) is 43.3 Å². The fourth-order valence-electron chi connectivity index (χ4n) is 4.09. The Labute approximate surface area is 247 Å². The van der Waals surface area contributed by atoms with Gasteiger partial charge in [0, 0.05) is 12.1 Å². The first kappa shape index (κ1) is 31.5. The maximum Gasteiger partial charge on any atom is 0.264 e. The van der Waals surface area contributed by atoms with Gasteiger partial charge in [-0.2, -0.15) is 0 Å². The molecule has 0 aliphatic heterocycles. The van der Waals surface area contributed by atoms with E-state index in [-0.39, 0.29) is 17.3 Å². The van der Waals surface area contributed by atoms with E-state index in [9.17, 15) is 18.0 Å². The fourth-order valence-corrected chi connectivity index (χ4v) is 5.88. The predicted molar refractivity (Wildman–Crippen MR) is 161 cm³/mol. The van der Waals surface area contributed by atoms with Gasteiger partial charge in [0.05, 0.1) is 20.6 Å². The van der Waals surface area contributed by atoms with Crippen LogP contribution in [0.1, 0.15) is 44.4 Å². The van der Waals surface area contributed by atoms with Crippen molar-refractivity contribution in [1.29, 1.82) is 0 Å². The number of carbonyl (C=O) groups excluding carboxylic acids is 2. The lowest BCUT2D eigenvalue weighted by atomic mass is 10.1. The molecule has 0 aliphatic carbocycles. The lowest BCUT2D eigenvalue weighted by Crippen LogP contribution is -2.54. The third-order valence-corrected chi connectivity index (χ3v) is 8.79. The van der Waals surface area contributed by atoms with E-state index in [1.54, 1.807) is 68.4 Å². The zero-order chi connectivity index (χ0) is 29.8. The monoisotopic (exact) mass is 603 g/mol. The Morgan fingerprint density at radius 3 is 2.12 bits per heavy atom. The van der Waals surface area contributed by atoms with Gasteiger partial charge in [-0.25, -0.2) is 8.42 Å². The van der Waals surface area contributed by atoms with Crippen molar-refractivity contribution in [2.75, 3.05) is 10.8 Å². The average molecular weight is 605 g/mol. The topological polar surface area (TPSA) is 86.8 Å². The van der Waals surface area contributed by atoms with Crippen LogP contribution >= 0.6 is 23.2 Å². The van der Waals surface area contributed by atoms with Crippen molar-refractivity contribution in [2.45, 2.75) is 64.6 Å². The van der Waals surface area contributed by atoms with Crippen molar-refractivity contribution in [3.05, 3.63) is 93.5 Å². The number of anilines is 1. The van der Waals surface area contributed by atoms with Gasteiger partial charge in [0.25, 0.3) is 10.0 Å². The van der Waals surface area contributed by atoms with Crippen LogP contribution in [0.3, 0.4) is 0 Å². The highest BCUT2D eigenvalue weighted by atomic mass is 35.5. The highest BCUT2D eigenvalue weighted by Gasteiger charge is 2.33. The summed E-state index contributed by atoms with van der Waals surface area (Å²) in [5.74, 6) is -0.925. The maximum absolute atomic E-state index is 14.0. The Hall–Kier alpha value is -3.07. The molecule has 2 amide bonds. The van der Waals surface area contributed by atoms with E-state index in [2.05, 4.69) is 5.32 Å². The normalized spacial score (nSPS) is 12.5. The number of benzene rings is 3. The third kappa shape index (κ3) is 7.77. The number of nitrogens with one attached hydrogen (secondary N) is 1. The van der Waals surface area contributed by atoms with E-state index in [1.165, 1.54) is 17.0 Å². The molecule has 0 bridgehead atoms. The maximum atomic E-state index is 14.0. The number of para-hydroxylation sites is 1. The van der Waals surface area contributed by atoms with Crippen LogP contribution in [0, 0.1) is 13.8 Å². The molecule has 0 heterocycles. The Balaban J connectivity index is 2.06. The number of hydrogen-bond acceptors (Lipinski definition) is 4. The Morgan fingerprint density at radius 1 is 0.925 bits per heavy atom. The van der Waals surface area contributed by atoms with Crippen molar-refractivity contribution in [1.82, 2.24) is 10.2 Å². The summed E-state index contributed by atoms with van der Waals surface area (Å²) in [4.78, 5) is 28.6.